The number of benzene rings is 1. The quantitative estimate of drug-likeness (QED) is 0.798. The van der Waals surface area contributed by atoms with Gasteiger partial charge >= 0.3 is 0 Å². The first kappa shape index (κ1) is 11.5. The molecule has 1 unspecified atom stereocenters. The third-order valence-corrected chi connectivity index (χ3v) is 4.29. The van der Waals surface area contributed by atoms with Crippen molar-refractivity contribution in [3.05, 3.63) is 28.2 Å². The Morgan fingerprint density at radius 3 is 3.06 bits per heavy atom. The smallest absolute Gasteiger partial charge is 0.126 e. The molecular formula is C13H17BrN2O. The van der Waals surface area contributed by atoms with Crippen molar-refractivity contribution in [3.8, 4) is 5.75 Å². The largest absolute Gasteiger partial charge is 0.485 e. The first-order chi connectivity index (χ1) is 8.08. The lowest BCUT2D eigenvalue weighted by Gasteiger charge is -2.38. The van der Waals surface area contributed by atoms with Crippen molar-refractivity contribution in [1.29, 1.82) is 0 Å². The zero-order valence-corrected chi connectivity index (χ0v) is 11.5. The predicted molar refractivity (Wildman–Crippen MR) is 71.2 cm³/mol. The zero-order valence-electron chi connectivity index (χ0n) is 9.95. The van der Waals surface area contributed by atoms with Gasteiger partial charge < -0.3 is 15.4 Å². The van der Waals surface area contributed by atoms with Crippen LogP contribution in [0.5, 0.6) is 5.75 Å². The van der Waals surface area contributed by atoms with Crippen LogP contribution in [0, 0.1) is 0 Å². The Kier molecular flexibility index (Phi) is 2.69. The lowest BCUT2D eigenvalue weighted by atomic mass is 9.87. The molecule has 17 heavy (non-hydrogen) atoms. The monoisotopic (exact) mass is 296 g/mol. The molecule has 2 aliphatic rings. The summed E-state index contributed by atoms with van der Waals surface area (Å²) in [7, 11) is 2.14. The fourth-order valence-corrected chi connectivity index (χ4v) is 3.32. The minimum atomic E-state index is -0.0675. The molecule has 0 amide bonds. The molecule has 1 aromatic carbocycles. The molecule has 2 heterocycles. The molecular weight excluding hydrogens is 280 g/mol. The van der Waals surface area contributed by atoms with Crippen LogP contribution in [0.15, 0.2) is 22.7 Å². The topological polar surface area (TPSA) is 38.5 Å². The lowest BCUT2D eigenvalue weighted by molar-refractivity contribution is 0.0465. The van der Waals surface area contributed by atoms with E-state index in [0.29, 0.717) is 0 Å². The molecule has 0 aromatic heterocycles. The minimum absolute atomic E-state index is 0.0675. The second-order valence-corrected chi connectivity index (χ2v) is 6.18. The summed E-state index contributed by atoms with van der Waals surface area (Å²) in [6.45, 7) is 2.07. The van der Waals surface area contributed by atoms with Crippen LogP contribution in [-0.2, 0) is 0 Å². The van der Waals surface area contributed by atoms with E-state index in [9.17, 15) is 0 Å². The van der Waals surface area contributed by atoms with Crippen LogP contribution in [0.2, 0.25) is 0 Å². The van der Waals surface area contributed by atoms with E-state index in [1.165, 1.54) is 0 Å². The highest BCUT2D eigenvalue weighted by atomic mass is 79.9. The van der Waals surface area contributed by atoms with Crippen LogP contribution < -0.4 is 10.5 Å². The third kappa shape index (κ3) is 1.98. The van der Waals surface area contributed by atoms with E-state index in [4.69, 9.17) is 10.5 Å². The molecule has 4 heteroatoms. The molecule has 2 aliphatic heterocycles. The van der Waals surface area contributed by atoms with Gasteiger partial charge in [0.15, 0.2) is 0 Å². The van der Waals surface area contributed by atoms with Crippen molar-refractivity contribution in [1.82, 2.24) is 4.90 Å². The summed E-state index contributed by atoms with van der Waals surface area (Å²) >= 11 is 3.49. The van der Waals surface area contributed by atoms with Crippen molar-refractivity contribution in [2.75, 3.05) is 20.1 Å². The molecule has 2 atom stereocenters. The predicted octanol–water partition coefficient (Wildman–Crippen LogP) is 2.31. The molecule has 0 bridgehead atoms. The number of hydrogen-bond donors (Lipinski definition) is 1. The Bertz CT molecular complexity index is 451. The van der Waals surface area contributed by atoms with Crippen LogP contribution in [-0.4, -0.2) is 30.6 Å². The van der Waals surface area contributed by atoms with Crippen LogP contribution in [0.4, 0.5) is 0 Å². The van der Waals surface area contributed by atoms with E-state index >= 15 is 0 Å². The molecule has 0 aliphatic carbocycles. The van der Waals surface area contributed by atoms with Gasteiger partial charge in [-0.1, -0.05) is 22.0 Å². The normalized spacial score (nSPS) is 32.5. The minimum Gasteiger partial charge on any atom is -0.485 e. The van der Waals surface area contributed by atoms with E-state index in [1.807, 2.05) is 12.1 Å². The molecule has 3 rings (SSSR count). The third-order valence-electron chi connectivity index (χ3n) is 3.80. The number of fused-ring (bicyclic) bond motifs is 1. The Labute approximate surface area is 110 Å². The van der Waals surface area contributed by atoms with Gasteiger partial charge in [-0.15, -0.1) is 0 Å². The average molecular weight is 297 g/mol. The van der Waals surface area contributed by atoms with Crippen LogP contribution >= 0.6 is 15.9 Å². The summed E-state index contributed by atoms with van der Waals surface area (Å²) < 4.78 is 7.30. The van der Waals surface area contributed by atoms with Crippen LogP contribution in [0.3, 0.4) is 0 Å². The number of rotatable bonds is 0. The Hall–Kier alpha value is -0.580. The molecule has 1 saturated heterocycles. The fourth-order valence-electron chi connectivity index (χ4n) is 2.98. The van der Waals surface area contributed by atoms with Crippen molar-refractivity contribution in [2.24, 2.45) is 5.73 Å². The van der Waals surface area contributed by atoms with Gasteiger partial charge in [0, 0.05) is 42.0 Å². The zero-order chi connectivity index (χ0) is 12.0. The maximum atomic E-state index is 6.28. The molecule has 92 valence electrons. The molecule has 1 aromatic rings. The van der Waals surface area contributed by atoms with E-state index in [-0.39, 0.29) is 11.6 Å². The van der Waals surface area contributed by atoms with Gasteiger partial charge in [-0.2, -0.15) is 0 Å². The second-order valence-electron chi connectivity index (χ2n) is 5.27. The molecule has 0 saturated carbocycles. The van der Waals surface area contributed by atoms with Gasteiger partial charge in [0.2, 0.25) is 0 Å². The van der Waals surface area contributed by atoms with E-state index in [0.717, 1.165) is 41.7 Å². The maximum Gasteiger partial charge on any atom is 0.126 e. The van der Waals surface area contributed by atoms with Gasteiger partial charge in [-0.3, -0.25) is 0 Å². The number of likely N-dealkylation sites (N-methyl/N-ethyl adjacent to an activating group) is 1. The fraction of sp³-hybridized carbons (Fsp3) is 0.538. The van der Waals surface area contributed by atoms with Gasteiger partial charge in [0.05, 0.1) is 0 Å². The SMILES string of the molecule is CN1CCC2(C[C@@H](N)c3ccc(Br)cc3O2)C1. The number of nitrogens with two attached hydrogens (primary N) is 1. The van der Waals surface area contributed by atoms with Gasteiger partial charge in [0.25, 0.3) is 0 Å². The number of likely N-dealkylation sites (tertiary alicyclic amines) is 1. The second kappa shape index (κ2) is 3.97. The van der Waals surface area contributed by atoms with E-state index in [1.54, 1.807) is 0 Å². The summed E-state index contributed by atoms with van der Waals surface area (Å²) in [6, 6.07) is 6.23. The number of nitrogens with zero attached hydrogens (tertiary/aromatic N) is 1. The summed E-state index contributed by atoms with van der Waals surface area (Å²) in [4.78, 5) is 2.32. The van der Waals surface area contributed by atoms with Gasteiger partial charge in [-0.25, -0.2) is 0 Å². The van der Waals surface area contributed by atoms with Crippen LogP contribution in [0.25, 0.3) is 0 Å². The first-order valence-electron chi connectivity index (χ1n) is 6.01. The standard InChI is InChI=1S/C13H17BrN2O/c1-16-5-4-13(8-16)7-11(15)10-3-2-9(14)6-12(10)17-13/h2-3,6,11H,4-5,7-8,15H2,1H3/t11-,13?/m1/s1. The van der Waals surface area contributed by atoms with Gasteiger partial charge in [-0.05, 0) is 19.2 Å². The summed E-state index contributed by atoms with van der Waals surface area (Å²) in [5.74, 6) is 0.952. The Morgan fingerprint density at radius 2 is 2.35 bits per heavy atom. The highest BCUT2D eigenvalue weighted by Crippen LogP contribution is 2.43. The molecule has 1 spiro atoms. The van der Waals surface area contributed by atoms with Gasteiger partial charge in [0.1, 0.15) is 11.4 Å². The molecule has 3 nitrogen and oxygen atoms in total. The number of ether oxygens (including phenoxy) is 1. The Balaban J connectivity index is 1.97. The van der Waals surface area contributed by atoms with E-state index < -0.39 is 0 Å². The Morgan fingerprint density at radius 1 is 1.53 bits per heavy atom. The number of halogens is 1. The van der Waals surface area contributed by atoms with Crippen molar-refractivity contribution in [2.45, 2.75) is 24.5 Å². The number of hydrogen-bond acceptors (Lipinski definition) is 3. The summed E-state index contributed by atoms with van der Waals surface area (Å²) in [6.07, 6.45) is 2.00. The maximum absolute atomic E-state index is 6.28. The summed E-state index contributed by atoms with van der Waals surface area (Å²) in [5.41, 5.74) is 7.35. The lowest BCUT2D eigenvalue weighted by Crippen LogP contribution is -2.44. The molecule has 0 radical (unpaired) electrons. The molecule has 2 N–H and O–H groups in total. The van der Waals surface area contributed by atoms with Crippen molar-refractivity contribution >= 4 is 15.9 Å². The van der Waals surface area contributed by atoms with Crippen molar-refractivity contribution < 1.29 is 4.74 Å². The first-order valence-corrected chi connectivity index (χ1v) is 6.80. The van der Waals surface area contributed by atoms with Crippen LogP contribution in [0.1, 0.15) is 24.4 Å². The highest BCUT2D eigenvalue weighted by Gasteiger charge is 2.44. The highest BCUT2D eigenvalue weighted by molar-refractivity contribution is 9.10. The molecule has 1 fully saturated rings. The van der Waals surface area contributed by atoms with Crippen molar-refractivity contribution in [3.63, 3.8) is 0 Å². The van der Waals surface area contributed by atoms with E-state index in [2.05, 4.69) is 33.9 Å². The average Bonchev–Trinajstić information content (AvgIpc) is 2.58. The summed E-state index contributed by atoms with van der Waals surface area (Å²) in [5, 5.41) is 0.